The molecule has 0 fully saturated rings. The van der Waals surface area contributed by atoms with Crippen LogP contribution in [0.3, 0.4) is 0 Å². The molecule has 0 saturated carbocycles. The first-order valence-electron chi connectivity index (χ1n) is 4.76. The smallest absolute Gasteiger partial charge is 0.149 e. The zero-order chi connectivity index (χ0) is 11.2. The van der Waals surface area contributed by atoms with Crippen LogP contribution < -0.4 is 5.32 Å². The van der Waals surface area contributed by atoms with Crippen LogP contribution in [0.15, 0.2) is 36.5 Å². The minimum Gasteiger partial charge on any atom is -0.356 e. The third kappa shape index (κ3) is 2.30. The Morgan fingerprint density at radius 3 is 2.69 bits per heavy atom. The maximum Gasteiger partial charge on any atom is 0.149 e. The van der Waals surface area contributed by atoms with Gasteiger partial charge in [-0.2, -0.15) is 5.26 Å². The van der Waals surface area contributed by atoms with E-state index in [0.717, 1.165) is 5.69 Å². The van der Waals surface area contributed by atoms with Crippen molar-refractivity contribution in [1.29, 1.82) is 5.26 Å². The van der Waals surface area contributed by atoms with Gasteiger partial charge in [-0.3, -0.25) is 4.98 Å². The zero-order valence-corrected chi connectivity index (χ0v) is 8.46. The van der Waals surface area contributed by atoms with Gasteiger partial charge in [0, 0.05) is 6.20 Å². The lowest BCUT2D eigenvalue weighted by Gasteiger charge is -2.01. The number of nitrogens with one attached hydrogen (secondary N) is 1. The molecule has 2 rings (SSSR count). The molecule has 2 heterocycles. The fourth-order valence-corrected chi connectivity index (χ4v) is 1.21. The molecule has 5 heteroatoms. The van der Waals surface area contributed by atoms with Crippen molar-refractivity contribution in [2.24, 2.45) is 0 Å². The maximum atomic E-state index is 8.39. The molecule has 78 valence electrons. The summed E-state index contributed by atoms with van der Waals surface area (Å²) < 4.78 is 0. The van der Waals surface area contributed by atoms with Gasteiger partial charge >= 0.3 is 0 Å². The summed E-state index contributed by atoms with van der Waals surface area (Å²) >= 11 is 0. The van der Waals surface area contributed by atoms with Gasteiger partial charge < -0.3 is 5.32 Å². The quantitative estimate of drug-likeness (QED) is 0.778. The molecule has 0 aliphatic heterocycles. The summed E-state index contributed by atoms with van der Waals surface area (Å²) in [5.41, 5.74) is 1.49. The Kier molecular flexibility index (Phi) is 3.04. The van der Waals surface area contributed by atoms with E-state index in [1.165, 1.54) is 0 Å². The molecule has 5 nitrogen and oxygen atoms in total. The number of hydrogen-bond acceptors (Lipinski definition) is 5. The van der Waals surface area contributed by atoms with Crippen molar-refractivity contribution in [3.8, 4) is 17.5 Å². The van der Waals surface area contributed by atoms with Gasteiger partial charge in [-0.1, -0.05) is 6.07 Å². The second kappa shape index (κ2) is 4.84. The zero-order valence-electron chi connectivity index (χ0n) is 8.46. The van der Waals surface area contributed by atoms with Crippen LogP contribution in [0.1, 0.15) is 0 Å². The molecule has 0 aliphatic carbocycles. The van der Waals surface area contributed by atoms with Crippen molar-refractivity contribution in [1.82, 2.24) is 15.2 Å². The van der Waals surface area contributed by atoms with Gasteiger partial charge in [0.05, 0.1) is 11.8 Å². The minimum absolute atomic E-state index is 0.220. The van der Waals surface area contributed by atoms with Crippen molar-refractivity contribution >= 4 is 5.82 Å². The predicted molar refractivity (Wildman–Crippen MR) is 59.4 cm³/mol. The summed E-state index contributed by atoms with van der Waals surface area (Å²) in [4.78, 5) is 4.17. The molecule has 1 N–H and O–H groups in total. The van der Waals surface area contributed by atoms with E-state index in [9.17, 15) is 0 Å². The molecule has 2 aromatic rings. The Balaban J connectivity index is 2.17. The molecular weight excluding hydrogens is 202 g/mol. The van der Waals surface area contributed by atoms with E-state index in [1.54, 1.807) is 12.3 Å². The fourth-order valence-electron chi connectivity index (χ4n) is 1.21. The van der Waals surface area contributed by atoms with Crippen LogP contribution in [0.2, 0.25) is 0 Å². The highest BCUT2D eigenvalue weighted by Crippen LogP contribution is 2.13. The van der Waals surface area contributed by atoms with Crippen LogP contribution in [-0.2, 0) is 0 Å². The van der Waals surface area contributed by atoms with Crippen molar-refractivity contribution in [3.05, 3.63) is 36.5 Å². The van der Waals surface area contributed by atoms with Crippen LogP contribution in [-0.4, -0.2) is 21.7 Å². The average molecular weight is 211 g/mol. The van der Waals surface area contributed by atoms with Gasteiger partial charge in [0.25, 0.3) is 0 Å². The molecular formula is C11H9N5. The third-order valence-corrected chi connectivity index (χ3v) is 1.94. The summed E-state index contributed by atoms with van der Waals surface area (Å²) in [6.45, 7) is 0.220. The summed E-state index contributed by atoms with van der Waals surface area (Å²) in [5.74, 6) is 0.584. The van der Waals surface area contributed by atoms with E-state index in [-0.39, 0.29) is 6.54 Å². The van der Waals surface area contributed by atoms with Gasteiger partial charge in [-0.05, 0) is 24.3 Å². The molecule has 0 amide bonds. The second-order valence-electron chi connectivity index (χ2n) is 3.03. The third-order valence-electron chi connectivity index (χ3n) is 1.94. The van der Waals surface area contributed by atoms with E-state index in [4.69, 9.17) is 5.26 Å². The van der Waals surface area contributed by atoms with Crippen LogP contribution in [0.5, 0.6) is 0 Å². The summed E-state index contributed by atoms with van der Waals surface area (Å²) in [6.07, 6.45) is 1.71. The number of hydrogen-bond donors (Lipinski definition) is 1. The van der Waals surface area contributed by atoms with Gasteiger partial charge in [-0.25, -0.2) is 0 Å². The standard InChI is InChI=1S/C11H9N5/c12-6-8-14-11-5-4-10(15-16-11)9-3-1-2-7-13-9/h1-5,7H,8H2,(H,14,16). The highest BCUT2D eigenvalue weighted by Gasteiger charge is 2.00. The first-order valence-corrected chi connectivity index (χ1v) is 4.76. The number of nitriles is 1. The Labute approximate surface area is 92.8 Å². The van der Waals surface area contributed by atoms with E-state index in [1.807, 2.05) is 30.3 Å². The van der Waals surface area contributed by atoms with Gasteiger partial charge in [0.15, 0.2) is 0 Å². The molecule has 16 heavy (non-hydrogen) atoms. The van der Waals surface area contributed by atoms with Crippen molar-refractivity contribution in [2.75, 3.05) is 11.9 Å². The lowest BCUT2D eigenvalue weighted by atomic mass is 10.2. The first-order chi connectivity index (χ1) is 7.90. The minimum atomic E-state index is 0.220. The predicted octanol–water partition coefficient (Wildman–Crippen LogP) is 1.47. The number of pyridine rings is 1. The molecule has 0 spiro atoms. The van der Waals surface area contributed by atoms with Crippen LogP contribution in [0.4, 0.5) is 5.82 Å². The average Bonchev–Trinajstić information content (AvgIpc) is 2.38. The highest BCUT2D eigenvalue weighted by atomic mass is 15.2. The molecule has 2 aromatic heterocycles. The normalized spacial score (nSPS) is 9.44. The second-order valence-corrected chi connectivity index (χ2v) is 3.03. The Morgan fingerprint density at radius 1 is 1.12 bits per heavy atom. The number of aromatic nitrogens is 3. The monoisotopic (exact) mass is 211 g/mol. The molecule has 0 radical (unpaired) electrons. The number of rotatable bonds is 3. The van der Waals surface area contributed by atoms with Crippen molar-refractivity contribution in [3.63, 3.8) is 0 Å². The number of nitrogens with zero attached hydrogens (tertiary/aromatic N) is 4. The SMILES string of the molecule is N#CCNc1ccc(-c2ccccn2)nn1. The van der Waals surface area contributed by atoms with E-state index in [0.29, 0.717) is 11.5 Å². The van der Waals surface area contributed by atoms with Gasteiger partial charge in [0.1, 0.15) is 18.1 Å². The first kappa shape index (κ1) is 10.1. The van der Waals surface area contributed by atoms with E-state index in [2.05, 4.69) is 20.5 Å². The van der Waals surface area contributed by atoms with E-state index < -0.39 is 0 Å². The Morgan fingerprint density at radius 2 is 2.06 bits per heavy atom. The Hall–Kier alpha value is -2.48. The largest absolute Gasteiger partial charge is 0.356 e. The molecule has 0 saturated heterocycles. The topological polar surface area (TPSA) is 74.5 Å². The fraction of sp³-hybridized carbons (Fsp3) is 0.0909. The van der Waals surface area contributed by atoms with Crippen LogP contribution >= 0.6 is 0 Å². The van der Waals surface area contributed by atoms with Crippen molar-refractivity contribution in [2.45, 2.75) is 0 Å². The lowest BCUT2D eigenvalue weighted by Crippen LogP contribution is -2.02. The van der Waals surface area contributed by atoms with E-state index >= 15 is 0 Å². The molecule has 0 aromatic carbocycles. The molecule has 0 atom stereocenters. The summed E-state index contributed by atoms with van der Waals surface area (Å²) in [6, 6.07) is 11.2. The summed E-state index contributed by atoms with van der Waals surface area (Å²) in [5, 5.41) is 19.2. The molecule has 0 aliphatic rings. The van der Waals surface area contributed by atoms with Gasteiger partial charge in [0.2, 0.25) is 0 Å². The summed E-state index contributed by atoms with van der Waals surface area (Å²) in [7, 11) is 0. The van der Waals surface area contributed by atoms with Crippen LogP contribution in [0.25, 0.3) is 11.4 Å². The van der Waals surface area contributed by atoms with Crippen molar-refractivity contribution < 1.29 is 0 Å². The highest BCUT2D eigenvalue weighted by molar-refractivity contribution is 5.54. The molecule has 0 bridgehead atoms. The maximum absolute atomic E-state index is 8.39. The lowest BCUT2D eigenvalue weighted by molar-refractivity contribution is 1.02. The van der Waals surface area contributed by atoms with Crippen LogP contribution in [0, 0.1) is 11.3 Å². The Bertz CT molecular complexity index is 486. The molecule has 0 unspecified atom stereocenters. The van der Waals surface area contributed by atoms with Gasteiger partial charge in [-0.15, -0.1) is 10.2 Å². The number of anilines is 1.